The van der Waals surface area contributed by atoms with Crippen LogP contribution in [0.2, 0.25) is 0 Å². The Bertz CT molecular complexity index is 746. The molecule has 6 heteroatoms. The summed E-state index contributed by atoms with van der Waals surface area (Å²) >= 11 is 0. The zero-order valence-electron chi connectivity index (χ0n) is 15.1. The third-order valence-electron chi connectivity index (χ3n) is 3.51. The quantitative estimate of drug-likeness (QED) is 0.563. The van der Waals surface area contributed by atoms with E-state index in [4.69, 9.17) is 9.47 Å². The first kappa shape index (κ1) is 19.3. The molecule has 26 heavy (non-hydrogen) atoms. The predicted octanol–water partition coefficient (Wildman–Crippen LogP) is 2.69. The minimum absolute atomic E-state index is 0.166. The minimum Gasteiger partial charge on any atom is -0.494 e. The van der Waals surface area contributed by atoms with Gasteiger partial charge in [0.25, 0.3) is 5.91 Å². The van der Waals surface area contributed by atoms with E-state index in [0.717, 1.165) is 16.9 Å². The number of hydrogen-bond acceptors (Lipinski definition) is 4. The molecule has 0 aromatic heterocycles. The van der Waals surface area contributed by atoms with Crippen molar-refractivity contribution < 1.29 is 19.1 Å². The van der Waals surface area contributed by atoms with Crippen LogP contribution in [0.3, 0.4) is 0 Å². The molecule has 2 aromatic rings. The second kappa shape index (κ2) is 10.1. The van der Waals surface area contributed by atoms with Gasteiger partial charge in [-0.1, -0.05) is 24.3 Å². The van der Waals surface area contributed by atoms with Gasteiger partial charge in [0.2, 0.25) is 5.91 Å². The molecule has 0 spiro atoms. The molecule has 0 bridgehead atoms. The Labute approximate surface area is 153 Å². The predicted molar refractivity (Wildman–Crippen MR) is 98.9 cm³/mol. The first-order chi connectivity index (χ1) is 12.5. The van der Waals surface area contributed by atoms with Gasteiger partial charge in [-0.2, -0.15) is 0 Å². The van der Waals surface area contributed by atoms with Crippen LogP contribution in [0.25, 0.3) is 0 Å². The summed E-state index contributed by atoms with van der Waals surface area (Å²) in [6, 6.07) is 15.1. The average molecular weight is 356 g/mol. The molecule has 0 saturated carbocycles. The SMILES string of the molecule is Cc1cccc(OCCCC(=O)NNC(=O)COc2cccc(C)c2)c1. The number of nitrogens with one attached hydrogen (secondary N) is 2. The highest BCUT2D eigenvalue weighted by atomic mass is 16.5. The maximum Gasteiger partial charge on any atom is 0.276 e. The number of rotatable bonds is 8. The van der Waals surface area contributed by atoms with E-state index in [1.807, 2.05) is 56.3 Å². The Morgan fingerprint density at radius 3 is 2.04 bits per heavy atom. The smallest absolute Gasteiger partial charge is 0.276 e. The molecule has 0 aliphatic rings. The highest BCUT2D eigenvalue weighted by Crippen LogP contribution is 2.13. The van der Waals surface area contributed by atoms with Crippen molar-refractivity contribution in [3.8, 4) is 11.5 Å². The summed E-state index contributed by atoms with van der Waals surface area (Å²) < 4.78 is 10.9. The van der Waals surface area contributed by atoms with E-state index in [-0.39, 0.29) is 18.9 Å². The van der Waals surface area contributed by atoms with E-state index in [9.17, 15) is 9.59 Å². The highest BCUT2D eigenvalue weighted by molar-refractivity contribution is 5.82. The van der Waals surface area contributed by atoms with E-state index in [1.54, 1.807) is 6.07 Å². The van der Waals surface area contributed by atoms with E-state index < -0.39 is 5.91 Å². The van der Waals surface area contributed by atoms with Crippen LogP contribution in [0.15, 0.2) is 48.5 Å². The molecule has 0 aliphatic carbocycles. The Kier molecular flexibility index (Phi) is 7.49. The molecule has 0 aliphatic heterocycles. The molecule has 0 saturated heterocycles. The van der Waals surface area contributed by atoms with Crippen molar-refractivity contribution in [1.82, 2.24) is 10.9 Å². The van der Waals surface area contributed by atoms with Crippen LogP contribution in [0.5, 0.6) is 11.5 Å². The van der Waals surface area contributed by atoms with Gasteiger partial charge in [-0.15, -0.1) is 0 Å². The van der Waals surface area contributed by atoms with Crippen LogP contribution in [0.1, 0.15) is 24.0 Å². The van der Waals surface area contributed by atoms with Crippen LogP contribution in [-0.2, 0) is 9.59 Å². The van der Waals surface area contributed by atoms with Crippen molar-refractivity contribution in [2.24, 2.45) is 0 Å². The monoisotopic (exact) mass is 356 g/mol. The van der Waals surface area contributed by atoms with Crippen molar-refractivity contribution in [1.29, 1.82) is 0 Å². The van der Waals surface area contributed by atoms with E-state index >= 15 is 0 Å². The number of hydrogen-bond donors (Lipinski definition) is 2. The number of carbonyl (C=O) groups excluding carboxylic acids is 2. The van der Waals surface area contributed by atoms with Crippen molar-refractivity contribution in [2.75, 3.05) is 13.2 Å². The summed E-state index contributed by atoms with van der Waals surface area (Å²) in [5.41, 5.74) is 6.86. The summed E-state index contributed by atoms with van der Waals surface area (Å²) in [6.07, 6.45) is 0.806. The molecule has 2 aromatic carbocycles. The van der Waals surface area contributed by atoms with E-state index in [2.05, 4.69) is 10.9 Å². The van der Waals surface area contributed by atoms with Crippen LogP contribution >= 0.6 is 0 Å². The minimum atomic E-state index is -0.420. The largest absolute Gasteiger partial charge is 0.494 e. The van der Waals surface area contributed by atoms with Gasteiger partial charge in [-0.25, -0.2) is 0 Å². The molecular formula is C20H24N2O4. The fourth-order valence-electron chi connectivity index (χ4n) is 2.22. The van der Waals surface area contributed by atoms with Crippen LogP contribution in [-0.4, -0.2) is 25.0 Å². The molecule has 2 rings (SSSR count). The molecule has 2 amide bonds. The van der Waals surface area contributed by atoms with E-state index in [1.165, 1.54) is 0 Å². The molecule has 0 atom stereocenters. The van der Waals surface area contributed by atoms with Gasteiger partial charge in [-0.05, 0) is 55.7 Å². The van der Waals surface area contributed by atoms with Crippen LogP contribution < -0.4 is 20.3 Å². The number of amides is 2. The average Bonchev–Trinajstić information content (AvgIpc) is 2.62. The van der Waals surface area contributed by atoms with Crippen LogP contribution in [0.4, 0.5) is 0 Å². The normalized spacial score (nSPS) is 10.1. The zero-order valence-corrected chi connectivity index (χ0v) is 15.1. The third-order valence-corrected chi connectivity index (χ3v) is 3.51. The molecule has 138 valence electrons. The van der Waals surface area contributed by atoms with Gasteiger partial charge in [0.05, 0.1) is 6.61 Å². The van der Waals surface area contributed by atoms with Gasteiger partial charge in [0.1, 0.15) is 11.5 Å². The summed E-state index contributed by atoms with van der Waals surface area (Å²) in [7, 11) is 0. The summed E-state index contributed by atoms with van der Waals surface area (Å²) in [6.45, 7) is 4.20. The first-order valence-electron chi connectivity index (χ1n) is 8.49. The van der Waals surface area contributed by atoms with E-state index in [0.29, 0.717) is 18.8 Å². The fourth-order valence-corrected chi connectivity index (χ4v) is 2.22. The Balaban J connectivity index is 1.57. The maximum absolute atomic E-state index is 11.7. The Morgan fingerprint density at radius 2 is 1.42 bits per heavy atom. The van der Waals surface area contributed by atoms with Gasteiger partial charge in [0.15, 0.2) is 6.61 Å². The summed E-state index contributed by atoms with van der Waals surface area (Å²) in [5, 5.41) is 0. The molecule has 0 fully saturated rings. The Hall–Kier alpha value is -3.02. The fraction of sp³-hybridized carbons (Fsp3) is 0.300. The number of hydrazine groups is 1. The van der Waals surface area contributed by atoms with Crippen molar-refractivity contribution in [3.05, 3.63) is 59.7 Å². The molecule has 0 heterocycles. The lowest BCUT2D eigenvalue weighted by Crippen LogP contribution is -2.43. The lowest BCUT2D eigenvalue weighted by molar-refractivity contribution is -0.130. The van der Waals surface area contributed by atoms with Crippen molar-refractivity contribution in [2.45, 2.75) is 26.7 Å². The summed E-state index contributed by atoms with van der Waals surface area (Å²) in [5.74, 6) is 0.699. The van der Waals surface area contributed by atoms with Gasteiger partial charge >= 0.3 is 0 Å². The van der Waals surface area contributed by atoms with Gasteiger partial charge in [-0.3, -0.25) is 20.4 Å². The topological polar surface area (TPSA) is 76.7 Å². The second-order valence-corrected chi connectivity index (χ2v) is 5.97. The first-order valence-corrected chi connectivity index (χ1v) is 8.49. The molecule has 0 unspecified atom stereocenters. The summed E-state index contributed by atoms with van der Waals surface area (Å²) in [4.78, 5) is 23.4. The van der Waals surface area contributed by atoms with Crippen molar-refractivity contribution in [3.63, 3.8) is 0 Å². The standard InChI is InChI=1S/C20H24N2O4/c1-15-6-3-8-17(12-15)25-11-5-10-19(23)21-22-20(24)14-26-18-9-4-7-16(2)13-18/h3-4,6-9,12-13H,5,10-11,14H2,1-2H3,(H,21,23)(H,22,24). The molecule has 2 N–H and O–H groups in total. The second-order valence-electron chi connectivity index (χ2n) is 5.97. The zero-order chi connectivity index (χ0) is 18.8. The third kappa shape index (κ3) is 7.25. The van der Waals surface area contributed by atoms with Gasteiger partial charge in [0, 0.05) is 6.42 Å². The Morgan fingerprint density at radius 1 is 0.846 bits per heavy atom. The number of carbonyl (C=O) groups is 2. The lowest BCUT2D eigenvalue weighted by Gasteiger charge is -2.10. The van der Waals surface area contributed by atoms with Crippen LogP contribution in [0, 0.1) is 13.8 Å². The number of ether oxygens (including phenoxy) is 2. The molecule has 6 nitrogen and oxygen atoms in total. The van der Waals surface area contributed by atoms with Crippen molar-refractivity contribution >= 4 is 11.8 Å². The van der Waals surface area contributed by atoms with Gasteiger partial charge < -0.3 is 9.47 Å². The molecular weight excluding hydrogens is 332 g/mol. The lowest BCUT2D eigenvalue weighted by atomic mass is 10.2. The number of aryl methyl sites for hydroxylation is 2. The maximum atomic E-state index is 11.7. The molecule has 0 radical (unpaired) electrons. The number of benzene rings is 2. The highest BCUT2D eigenvalue weighted by Gasteiger charge is 2.06.